The summed E-state index contributed by atoms with van der Waals surface area (Å²) in [7, 11) is 0. The predicted molar refractivity (Wildman–Crippen MR) is 96.1 cm³/mol. The van der Waals surface area contributed by atoms with Gasteiger partial charge >= 0.3 is 6.36 Å². The van der Waals surface area contributed by atoms with E-state index in [0.717, 1.165) is 5.56 Å². The van der Waals surface area contributed by atoms with E-state index in [2.05, 4.69) is 4.74 Å². The Labute approximate surface area is 167 Å². The number of rotatable bonds is 5. The van der Waals surface area contributed by atoms with Gasteiger partial charge in [0.15, 0.2) is 0 Å². The van der Waals surface area contributed by atoms with Crippen molar-refractivity contribution in [2.45, 2.75) is 18.8 Å². The van der Waals surface area contributed by atoms with Gasteiger partial charge in [0.1, 0.15) is 11.6 Å². The third-order valence-electron chi connectivity index (χ3n) is 4.41. The Hall–Kier alpha value is -2.03. The Bertz CT molecular complexity index is 915. The van der Waals surface area contributed by atoms with E-state index in [1.54, 1.807) is 0 Å². The summed E-state index contributed by atoms with van der Waals surface area (Å²) < 4.78 is 54.6. The molecule has 0 aromatic heterocycles. The Kier molecular flexibility index (Phi) is 5.74. The van der Waals surface area contributed by atoms with Gasteiger partial charge in [-0.25, -0.2) is 4.39 Å². The van der Waals surface area contributed by atoms with Crippen LogP contribution in [0.25, 0.3) is 0 Å². The molecule has 2 N–H and O–H groups in total. The molecule has 0 bridgehead atoms. The Balaban J connectivity index is 1.63. The third-order valence-corrected chi connectivity index (χ3v) is 5.05. The second-order valence-corrected chi connectivity index (χ2v) is 7.23. The first-order chi connectivity index (χ1) is 13.0. The van der Waals surface area contributed by atoms with Crippen LogP contribution in [0.1, 0.15) is 27.4 Å². The van der Waals surface area contributed by atoms with Gasteiger partial charge < -0.3 is 10.5 Å². The lowest BCUT2D eigenvalue weighted by Crippen LogP contribution is -2.44. The number of nitrogens with zero attached hydrogens (tertiary/aromatic N) is 1. The van der Waals surface area contributed by atoms with Crippen LogP contribution in [0.5, 0.6) is 5.75 Å². The molecule has 1 aliphatic heterocycles. The lowest BCUT2D eigenvalue weighted by molar-refractivity contribution is -0.274. The van der Waals surface area contributed by atoms with Gasteiger partial charge in [0, 0.05) is 30.6 Å². The Morgan fingerprint density at radius 3 is 2.43 bits per heavy atom. The topological polar surface area (TPSA) is 55.6 Å². The van der Waals surface area contributed by atoms with Crippen molar-refractivity contribution in [3.8, 4) is 5.75 Å². The predicted octanol–water partition coefficient (Wildman–Crippen LogP) is 4.73. The fourth-order valence-electron chi connectivity index (χ4n) is 3.03. The van der Waals surface area contributed by atoms with Crippen LogP contribution in [0.15, 0.2) is 30.3 Å². The molecule has 150 valence electrons. The maximum absolute atomic E-state index is 13.9. The standard InChI is InChI=1S/C18H14Cl2F4N2O2/c19-13-5-12(17(25)27)15(21)4-10(13)6-26-7-11(8-26)9-1-2-16(14(20)3-9)28-18(22,23)24/h1-5,11H,6-8H2,(H2,25,27). The van der Waals surface area contributed by atoms with Crippen molar-refractivity contribution in [1.29, 1.82) is 0 Å². The summed E-state index contributed by atoms with van der Waals surface area (Å²) in [6.45, 7) is 1.53. The van der Waals surface area contributed by atoms with Crippen LogP contribution >= 0.6 is 23.2 Å². The zero-order valence-electron chi connectivity index (χ0n) is 14.2. The van der Waals surface area contributed by atoms with E-state index in [-0.39, 0.29) is 21.5 Å². The lowest BCUT2D eigenvalue weighted by atomic mass is 9.91. The molecular formula is C18H14Cl2F4N2O2. The molecular weight excluding hydrogens is 423 g/mol. The highest BCUT2D eigenvalue weighted by Crippen LogP contribution is 2.36. The molecule has 0 spiro atoms. The van der Waals surface area contributed by atoms with Gasteiger partial charge in [-0.2, -0.15) is 0 Å². The molecule has 0 unspecified atom stereocenters. The van der Waals surface area contributed by atoms with Crippen LogP contribution in [-0.4, -0.2) is 30.3 Å². The van der Waals surface area contributed by atoms with E-state index in [9.17, 15) is 22.4 Å². The molecule has 1 saturated heterocycles. The summed E-state index contributed by atoms with van der Waals surface area (Å²) in [5, 5.41) is 0.107. The third kappa shape index (κ3) is 4.68. The molecule has 10 heteroatoms. The van der Waals surface area contributed by atoms with Crippen molar-refractivity contribution in [3.05, 3.63) is 62.9 Å². The van der Waals surface area contributed by atoms with Gasteiger partial charge in [-0.05, 0) is 35.4 Å². The molecule has 1 amide bonds. The summed E-state index contributed by atoms with van der Waals surface area (Å²) in [5.74, 6) is -2.03. The number of hydrogen-bond donors (Lipinski definition) is 1. The first-order valence-corrected chi connectivity index (χ1v) is 8.84. The molecule has 1 aliphatic rings. The first kappa shape index (κ1) is 20.7. The average Bonchev–Trinajstić information content (AvgIpc) is 2.53. The lowest BCUT2D eigenvalue weighted by Gasteiger charge is -2.40. The van der Waals surface area contributed by atoms with Crippen LogP contribution in [0.4, 0.5) is 17.6 Å². The molecule has 0 saturated carbocycles. The highest BCUT2D eigenvalue weighted by Gasteiger charge is 2.33. The molecule has 1 heterocycles. The minimum absolute atomic E-state index is 0.0611. The highest BCUT2D eigenvalue weighted by atomic mass is 35.5. The van der Waals surface area contributed by atoms with E-state index in [4.69, 9.17) is 28.9 Å². The van der Waals surface area contributed by atoms with Crippen molar-refractivity contribution in [2.75, 3.05) is 13.1 Å². The number of carbonyl (C=O) groups is 1. The van der Waals surface area contributed by atoms with Crippen molar-refractivity contribution in [3.63, 3.8) is 0 Å². The molecule has 2 aromatic rings. The summed E-state index contributed by atoms with van der Waals surface area (Å²) in [6, 6.07) is 6.53. The zero-order chi connectivity index (χ0) is 20.6. The molecule has 0 radical (unpaired) electrons. The normalized spacial score (nSPS) is 15.4. The number of amides is 1. The van der Waals surface area contributed by atoms with Crippen LogP contribution in [0, 0.1) is 5.82 Å². The summed E-state index contributed by atoms with van der Waals surface area (Å²) in [5.41, 5.74) is 6.09. The van der Waals surface area contributed by atoms with E-state index in [0.29, 0.717) is 25.2 Å². The van der Waals surface area contributed by atoms with E-state index >= 15 is 0 Å². The van der Waals surface area contributed by atoms with Gasteiger partial charge in [0.05, 0.1) is 10.6 Å². The van der Waals surface area contributed by atoms with Crippen LogP contribution < -0.4 is 10.5 Å². The van der Waals surface area contributed by atoms with Crippen LogP contribution in [0.3, 0.4) is 0 Å². The quantitative estimate of drug-likeness (QED) is 0.689. The molecule has 1 fully saturated rings. The largest absolute Gasteiger partial charge is 0.573 e. The number of likely N-dealkylation sites (tertiary alicyclic amines) is 1. The Morgan fingerprint density at radius 2 is 1.86 bits per heavy atom. The van der Waals surface area contributed by atoms with Crippen molar-refractivity contribution >= 4 is 29.1 Å². The van der Waals surface area contributed by atoms with Crippen molar-refractivity contribution < 1.29 is 27.1 Å². The second-order valence-electron chi connectivity index (χ2n) is 6.42. The molecule has 0 atom stereocenters. The second kappa shape index (κ2) is 7.77. The van der Waals surface area contributed by atoms with Gasteiger partial charge in [0.25, 0.3) is 5.91 Å². The first-order valence-electron chi connectivity index (χ1n) is 8.09. The number of primary amides is 1. The molecule has 3 rings (SSSR count). The zero-order valence-corrected chi connectivity index (χ0v) is 15.7. The highest BCUT2D eigenvalue weighted by molar-refractivity contribution is 6.32. The van der Waals surface area contributed by atoms with Crippen LogP contribution in [0.2, 0.25) is 10.0 Å². The SMILES string of the molecule is NC(=O)c1cc(Cl)c(CN2CC(c3ccc(OC(F)(F)F)c(Cl)c3)C2)cc1F. The fourth-order valence-corrected chi connectivity index (χ4v) is 3.48. The van der Waals surface area contributed by atoms with Crippen molar-refractivity contribution in [1.82, 2.24) is 4.90 Å². The molecule has 0 aliphatic carbocycles. The smallest absolute Gasteiger partial charge is 0.404 e. The number of halogens is 6. The minimum atomic E-state index is -4.81. The maximum Gasteiger partial charge on any atom is 0.573 e. The number of hydrogen-bond acceptors (Lipinski definition) is 3. The van der Waals surface area contributed by atoms with E-state index < -0.39 is 23.8 Å². The number of benzene rings is 2. The summed E-state index contributed by atoms with van der Waals surface area (Å²) in [4.78, 5) is 13.1. The summed E-state index contributed by atoms with van der Waals surface area (Å²) in [6.07, 6.45) is -4.81. The average molecular weight is 437 g/mol. The number of alkyl halides is 3. The van der Waals surface area contributed by atoms with Crippen molar-refractivity contribution in [2.24, 2.45) is 5.73 Å². The number of nitrogens with two attached hydrogens (primary N) is 1. The van der Waals surface area contributed by atoms with Gasteiger partial charge in [-0.1, -0.05) is 29.3 Å². The Morgan fingerprint density at radius 1 is 1.18 bits per heavy atom. The summed E-state index contributed by atoms with van der Waals surface area (Å²) >= 11 is 12.0. The van der Waals surface area contributed by atoms with E-state index in [1.807, 2.05) is 4.90 Å². The monoisotopic (exact) mass is 436 g/mol. The van der Waals surface area contributed by atoms with Gasteiger partial charge in [-0.3, -0.25) is 9.69 Å². The van der Waals surface area contributed by atoms with E-state index in [1.165, 1.54) is 30.3 Å². The fraction of sp³-hybridized carbons (Fsp3) is 0.278. The molecule has 4 nitrogen and oxygen atoms in total. The number of ether oxygens (including phenoxy) is 1. The van der Waals surface area contributed by atoms with Gasteiger partial charge in [-0.15, -0.1) is 13.2 Å². The molecule has 28 heavy (non-hydrogen) atoms. The maximum atomic E-state index is 13.9. The van der Waals surface area contributed by atoms with Gasteiger partial charge in [0.2, 0.25) is 0 Å². The number of carbonyl (C=O) groups excluding carboxylic acids is 1. The van der Waals surface area contributed by atoms with Crippen LogP contribution in [-0.2, 0) is 6.54 Å². The molecule has 2 aromatic carbocycles. The minimum Gasteiger partial charge on any atom is -0.404 e.